The van der Waals surface area contributed by atoms with Crippen molar-refractivity contribution in [2.75, 3.05) is 18.1 Å². The van der Waals surface area contributed by atoms with Gasteiger partial charge in [-0.1, -0.05) is 59.5 Å². The molecule has 0 bridgehead atoms. The lowest BCUT2D eigenvalue weighted by atomic mass is 10.0. The SMILES string of the molecule is CC1=Nc2ccccc2/C1=C\c1c(N)n2nc(SCCOc3ccccc3)sc2nc1=O. The highest BCUT2D eigenvalue weighted by Gasteiger charge is 2.20. The Morgan fingerprint density at radius 3 is 2.78 bits per heavy atom. The summed E-state index contributed by atoms with van der Waals surface area (Å²) in [4.78, 5) is 22.0. The molecule has 32 heavy (non-hydrogen) atoms. The molecule has 9 heteroatoms. The predicted octanol–water partition coefficient (Wildman–Crippen LogP) is 4.55. The monoisotopic (exact) mass is 461 g/mol. The number of ether oxygens (including phenoxy) is 1. The first-order valence-electron chi connectivity index (χ1n) is 9.97. The van der Waals surface area contributed by atoms with Crippen LogP contribution in [0.2, 0.25) is 0 Å². The summed E-state index contributed by atoms with van der Waals surface area (Å²) in [6, 6.07) is 17.5. The third kappa shape index (κ3) is 3.92. The van der Waals surface area contributed by atoms with Crippen molar-refractivity contribution in [2.45, 2.75) is 11.3 Å². The molecule has 160 valence electrons. The van der Waals surface area contributed by atoms with E-state index in [0.29, 0.717) is 22.9 Å². The predicted molar refractivity (Wildman–Crippen MR) is 131 cm³/mol. The van der Waals surface area contributed by atoms with Gasteiger partial charge in [0, 0.05) is 22.6 Å². The van der Waals surface area contributed by atoms with Gasteiger partial charge < -0.3 is 10.5 Å². The van der Waals surface area contributed by atoms with Crippen molar-refractivity contribution >= 4 is 56.9 Å². The summed E-state index contributed by atoms with van der Waals surface area (Å²) in [6.07, 6.45) is 1.77. The molecule has 3 heterocycles. The van der Waals surface area contributed by atoms with Crippen molar-refractivity contribution in [2.24, 2.45) is 4.99 Å². The smallest absolute Gasteiger partial charge is 0.283 e. The maximum atomic E-state index is 12.8. The van der Waals surface area contributed by atoms with E-state index >= 15 is 0 Å². The van der Waals surface area contributed by atoms with E-state index in [4.69, 9.17) is 10.5 Å². The lowest BCUT2D eigenvalue weighted by Crippen LogP contribution is -2.17. The van der Waals surface area contributed by atoms with Crippen molar-refractivity contribution in [1.29, 1.82) is 0 Å². The van der Waals surface area contributed by atoms with Crippen molar-refractivity contribution in [3.05, 3.63) is 76.1 Å². The van der Waals surface area contributed by atoms with E-state index in [1.165, 1.54) is 27.6 Å². The Balaban J connectivity index is 1.39. The summed E-state index contributed by atoms with van der Waals surface area (Å²) >= 11 is 2.88. The number of rotatable bonds is 6. The highest BCUT2D eigenvalue weighted by Crippen LogP contribution is 2.36. The molecule has 1 aliphatic rings. The molecule has 0 spiro atoms. The van der Waals surface area contributed by atoms with Crippen LogP contribution in [0.1, 0.15) is 18.1 Å². The van der Waals surface area contributed by atoms with Gasteiger partial charge in [0.05, 0.1) is 17.9 Å². The molecule has 2 N–H and O–H groups in total. The molecule has 0 amide bonds. The highest BCUT2D eigenvalue weighted by atomic mass is 32.2. The summed E-state index contributed by atoms with van der Waals surface area (Å²) < 4.78 is 8.02. The number of para-hydroxylation sites is 2. The van der Waals surface area contributed by atoms with Crippen LogP contribution in [0.25, 0.3) is 16.6 Å². The van der Waals surface area contributed by atoms with Gasteiger partial charge in [-0.15, -0.1) is 5.10 Å². The van der Waals surface area contributed by atoms with Gasteiger partial charge in [0.15, 0.2) is 4.34 Å². The lowest BCUT2D eigenvalue weighted by molar-refractivity contribution is 0.344. The third-order valence-corrected chi connectivity index (χ3v) is 6.96. The summed E-state index contributed by atoms with van der Waals surface area (Å²) in [6.45, 7) is 2.46. The van der Waals surface area contributed by atoms with Crippen LogP contribution in [-0.2, 0) is 0 Å². The molecule has 5 rings (SSSR count). The Morgan fingerprint density at radius 1 is 1.16 bits per heavy atom. The number of thioether (sulfide) groups is 1. The second-order valence-corrected chi connectivity index (χ2v) is 9.36. The van der Waals surface area contributed by atoms with Gasteiger partial charge in [0.25, 0.3) is 5.56 Å². The van der Waals surface area contributed by atoms with E-state index in [0.717, 1.165) is 32.6 Å². The molecule has 0 atom stereocenters. The maximum absolute atomic E-state index is 12.8. The standard InChI is InChI=1S/C23H19N5O2S2/c1-14-17(16-9-5-6-10-19(16)25-14)13-18-20(24)28-22(26-21(18)29)32-23(27-28)31-12-11-30-15-7-3-2-4-8-15/h2-10,13H,11-12,24H2,1H3/b17-13-. The minimum Gasteiger partial charge on any atom is -0.493 e. The number of aromatic nitrogens is 3. The van der Waals surface area contributed by atoms with Crippen LogP contribution in [0.15, 0.2) is 68.7 Å². The number of anilines is 1. The van der Waals surface area contributed by atoms with Crippen LogP contribution in [0, 0.1) is 0 Å². The van der Waals surface area contributed by atoms with Gasteiger partial charge in [-0.05, 0) is 31.2 Å². The highest BCUT2D eigenvalue weighted by molar-refractivity contribution is 8.01. The minimum absolute atomic E-state index is 0.272. The van der Waals surface area contributed by atoms with Crippen molar-refractivity contribution < 1.29 is 4.74 Å². The zero-order chi connectivity index (χ0) is 22.1. The van der Waals surface area contributed by atoms with Crippen molar-refractivity contribution in [3.63, 3.8) is 0 Å². The Morgan fingerprint density at radius 2 is 1.94 bits per heavy atom. The fourth-order valence-corrected chi connectivity index (χ4v) is 5.25. The molecule has 0 saturated heterocycles. The molecule has 7 nitrogen and oxygen atoms in total. The van der Waals surface area contributed by atoms with Crippen molar-refractivity contribution in [3.8, 4) is 5.75 Å². The van der Waals surface area contributed by atoms with E-state index in [9.17, 15) is 4.79 Å². The first kappa shape index (κ1) is 20.5. The Labute approximate surface area is 192 Å². The Kier molecular flexibility index (Phi) is 5.50. The molecular formula is C23H19N5O2S2. The lowest BCUT2D eigenvalue weighted by Gasteiger charge is -2.05. The topological polar surface area (TPSA) is 94.9 Å². The first-order valence-corrected chi connectivity index (χ1v) is 11.8. The van der Waals surface area contributed by atoms with Crippen LogP contribution in [0.5, 0.6) is 5.75 Å². The Hall–Kier alpha value is -3.43. The Bertz CT molecular complexity index is 1420. The second-order valence-electron chi connectivity index (χ2n) is 7.06. The van der Waals surface area contributed by atoms with Crippen LogP contribution in [0.3, 0.4) is 0 Å². The normalized spacial score (nSPS) is 14.0. The van der Waals surface area contributed by atoms with Crippen LogP contribution in [-0.4, -0.2) is 32.7 Å². The molecule has 4 aromatic rings. The number of hydrogen-bond acceptors (Lipinski definition) is 8. The van der Waals surface area contributed by atoms with E-state index < -0.39 is 0 Å². The molecular weight excluding hydrogens is 442 g/mol. The molecule has 1 aliphatic heterocycles. The number of allylic oxidation sites excluding steroid dienone is 1. The second kappa shape index (κ2) is 8.60. The summed E-state index contributed by atoms with van der Waals surface area (Å²) in [7, 11) is 0. The number of nitrogen functional groups attached to an aromatic ring is 1. The largest absolute Gasteiger partial charge is 0.493 e. The zero-order valence-electron chi connectivity index (χ0n) is 17.2. The number of nitrogens with two attached hydrogens (primary N) is 1. The van der Waals surface area contributed by atoms with Gasteiger partial charge in [-0.25, -0.2) is 0 Å². The average molecular weight is 462 g/mol. The molecule has 2 aromatic heterocycles. The average Bonchev–Trinajstić information content (AvgIpc) is 3.35. The van der Waals surface area contributed by atoms with Crippen LogP contribution < -0.4 is 16.0 Å². The molecule has 0 radical (unpaired) electrons. The summed E-state index contributed by atoms with van der Waals surface area (Å²) in [5.74, 6) is 1.81. The fourth-order valence-electron chi connectivity index (χ4n) is 3.42. The number of nitrogens with zero attached hydrogens (tertiary/aromatic N) is 4. The van der Waals surface area contributed by atoms with E-state index in [2.05, 4.69) is 15.1 Å². The van der Waals surface area contributed by atoms with Gasteiger partial charge in [0.1, 0.15) is 11.6 Å². The van der Waals surface area contributed by atoms with Crippen LogP contribution in [0.4, 0.5) is 11.5 Å². The van der Waals surface area contributed by atoms with Crippen LogP contribution >= 0.6 is 23.1 Å². The van der Waals surface area contributed by atoms with Gasteiger partial charge >= 0.3 is 0 Å². The molecule has 0 aliphatic carbocycles. The van der Waals surface area contributed by atoms with E-state index in [1.807, 2.05) is 61.5 Å². The van der Waals surface area contributed by atoms with Crippen molar-refractivity contribution in [1.82, 2.24) is 14.6 Å². The van der Waals surface area contributed by atoms with Gasteiger partial charge in [-0.3, -0.25) is 9.79 Å². The number of hydrogen-bond donors (Lipinski definition) is 1. The number of aliphatic imine (C=N–C) groups is 1. The van der Waals surface area contributed by atoms with E-state index in [1.54, 1.807) is 6.08 Å². The quantitative estimate of drug-likeness (QED) is 0.334. The summed E-state index contributed by atoms with van der Waals surface area (Å²) in [5.41, 5.74) is 9.86. The minimum atomic E-state index is -0.375. The maximum Gasteiger partial charge on any atom is 0.283 e. The van der Waals surface area contributed by atoms with Gasteiger partial charge in [0.2, 0.25) is 4.96 Å². The number of fused-ring (bicyclic) bond motifs is 2. The zero-order valence-corrected chi connectivity index (χ0v) is 18.8. The van der Waals surface area contributed by atoms with Gasteiger partial charge in [-0.2, -0.15) is 9.50 Å². The first-order chi connectivity index (χ1) is 15.6. The third-order valence-electron chi connectivity index (χ3n) is 4.95. The number of benzene rings is 2. The molecule has 0 unspecified atom stereocenters. The molecule has 2 aromatic carbocycles. The molecule has 0 saturated carbocycles. The summed E-state index contributed by atoms with van der Waals surface area (Å²) in [5, 5.41) is 4.55. The molecule has 0 fully saturated rings. The van der Waals surface area contributed by atoms with E-state index in [-0.39, 0.29) is 11.4 Å². The fraction of sp³-hybridized carbons (Fsp3) is 0.130.